The zero-order chi connectivity index (χ0) is 16.2. The molecule has 2 nitrogen and oxygen atoms in total. The third kappa shape index (κ3) is 3.89. The molecule has 2 heteroatoms. The monoisotopic (exact) mass is 304 g/mol. The minimum Gasteiger partial charge on any atom is -0.370 e. The van der Waals surface area contributed by atoms with Crippen LogP contribution < -0.4 is 0 Å². The Morgan fingerprint density at radius 2 is 1.87 bits per heavy atom. The van der Waals surface area contributed by atoms with E-state index < -0.39 is 0 Å². The topological polar surface area (TPSA) is 27.1 Å². The highest BCUT2D eigenvalue weighted by Crippen LogP contribution is 2.22. The molecule has 1 N–H and O–H groups in total. The summed E-state index contributed by atoms with van der Waals surface area (Å²) < 4.78 is 0. The molecule has 2 aromatic rings. The van der Waals surface area contributed by atoms with Gasteiger partial charge in [-0.05, 0) is 36.6 Å². The average Bonchev–Trinajstić information content (AvgIpc) is 2.56. The molecule has 0 fully saturated rings. The lowest BCUT2D eigenvalue weighted by Gasteiger charge is -2.31. The van der Waals surface area contributed by atoms with Crippen LogP contribution >= 0.6 is 0 Å². The predicted octanol–water partition coefficient (Wildman–Crippen LogP) is 4.82. The maximum atomic E-state index is 8.32. The molecule has 1 aliphatic rings. The molecule has 0 bridgehead atoms. The SMILES string of the molecule is Cc1ccc(CC(=N)CC(C)N2C=Cc3ccccc3C2)cc1. The third-order valence-corrected chi connectivity index (χ3v) is 4.50. The Hall–Kier alpha value is -2.35. The molecular formula is C21H24N2. The van der Waals surface area contributed by atoms with E-state index in [1.165, 1.54) is 22.3 Å². The summed E-state index contributed by atoms with van der Waals surface area (Å²) in [5, 5.41) is 8.32. The van der Waals surface area contributed by atoms with Crippen LogP contribution in [-0.4, -0.2) is 16.7 Å². The normalized spacial score (nSPS) is 14.4. The van der Waals surface area contributed by atoms with Gasteiger partial charge in [-0.3, -0.25) is 0 Å². The summed E-state index contributed by atoms with van der Waals surface area (Å²) >= 11 is 0. The van der Waals surface area contributed by atoms with E-state index in [1.807, 2.05) is 0 Å². The highest BCUT2D eigenvalue weighted by molar-refractivity contribution is 5.84. The van der Waals surface area contributed by atoms with Crippen molar-refractivity contribution in [3.05, 3.63) is 77.0 Å². The summed E-state index contributed by atoms with van der Waals surface area (Å²) in [5.74, 6) is 0. The van der Waals surface area contributed by atoms with Crippen LogP contribution in [0.2, 0.25) is 0 Å². The molecule has 1 unspecified atom stereocenters. The van der Waals surface area contributed by atoms with Crippen LogP contribution in [0.5, 0.6) is 0 Å². The number of aryl methyl sites for hydroxylation is 1. The number of nitrogens with zero attached hydrogens (tertiary/aromatic N) is 1. The van der Waals surface area contributed by atoms with Crippen LogP contribution in [0.25, 0.3) is 6.08 Å². The minimum absolute atomic E-state index is 0.345. The van der Waals surface area contributed by atoms with Crippen molar-refractivity contribution in [1.29, 1.82) is 5.41 Å². The largest absolute Gasteiger partial charge is 0.370 e. The molecule has 0 aliphatic carbocycles. The van der Waals surface area contributed by atoms with E-state index in [2.05, 4.69) is 79.6 Å². The van der Waals surface area contributed by atoms with Crippen LogP contribution in [0.4, 0.5) is 0 Å². The van der Waals surface area contributed by atoms with Crippen molar-refractivity contribution < 1.29 is 0 Å². The van der Waals surface area contributed by atoms with Crippen LogP contribution in [0, 0.1) is 12.3 Å². The summed E-state index contributed by atoms with van der Waals surface area (Å²) in [7, 11) is 0. The Balaban J connectivity index is 1.58. The summed E-state index contributed by atoms with van der Waals surface area (Å²) in [6, 6.07) is 17.4. The fraction of sp³-hybridized carbons (Fsp3) is 0.286. The molecule has 1 heterocycles. The molecule has 3 rings (SSSR count). The van der Waals surface area contributed by atoms with E-state index in [-0.39, 0.29) is 0 Å². The Bertz CT molecular complexity index is 713. The molecule has 1 atom stereocenters. The van der Waals surface area contributed by atoms with E-state index in [4.69, 9.17) is 5.41 Å². The number of hydrogen-bond donors (Lipinski definition) is 1. The van der Waals surface area contributed by atoms with Crippen molar-refractivity contribution in [3.63, 3.8) is 0 Å². The van der Waals surface area contributed by atoms with E-state index in [0.717, 1.165) is 25.1 Å². The number of benzene rings is 2. The van der Waals surface area contributed by atoms with Crippen molar-refractivity contribution in [2.75, 3.05) is 0 Å². The van der Waals surface area contributed by atoms with E-state index in [0.29, 0.717) is 6.04 Å². The standard InChI is InChI=1S/C21H24N2/c1-16-7-9-18(10-8-16)14-21(22)13-17(2)23-12-11-19-5-3-4-6-20(19)15-23/h3-12,17,22H,13-15H2,1-2H3. The molecule has 0 amide bonds. The van der Waals surface area contributed by atoms with Gasteiger partial charge in [-0.25, -0.2) is 0 Å². The fourth-order valence-electron chi connectivity index (χ4n) is 3.07. The second-order valence-electron chi connectivity index (χ2n) is 6.51. The van der Waals surface area contributed by atoms with Crippen LogP contribution in [0.1, 0.15) is 35.6 Å². The fourth-order valence-corrected chi connectivity index (χ4v) is 3.07. The molecule has 118 valence electrons. The number of nitrogens with one attached hydrogen (secondary N) is 1. The van der Waals surface area contributed by atoms with E-state index >= 15 is 0 Å². The maximum Gasteiger partial charge on any atom is 0.0433 e. The number of rotatable bonds is 5. The summed E-state index contributed by atoms with van der Waals surface area (Å²) in [4.78, 5) is 2.34. The lowest BCUT2D eigenvalue weighted by molar-refractivity contribution is 0.289. The van der Waals surface area contributed by atoms with Crippen LogP contribution in [-0.2, 0) is 13.0 Å². The summed E-state index contributed by atoms with van der Waals surface area (Å²) in [5.41, 5.74) is 5.98. The van der Waals surface area contributed by atoms with Crippen molar-refractivity contribution in [1.82, 2.24) is 4.90 Å². The quantitative estimate of drug-likeness (QED) is 0.788. The van der Waals surface area contributed by atoms with Gasteiger partial charge in [-0.15, -0.1) is 0 Å². The van der Waals surface area contributed by atoms with Gasteiger partial charge in [0.15, 0.2) is 0 Å². The van der Waals surface area contributed by atoms with Gasteiger partial charge in [0, 0.05) is 37.3 Å². The van der Waals surface area contributed by atoms with E-state index in [1.54, 1.807) is 0 Å². The molecular weight excluding hydrogens is 280 g/mol. The first kappa shape index (κ1) is 15.5. The van der Waals surface area contributed by atoms with Crippen molar-refractivity contribution >= 4 is 11.8 Å². The number of hydrogen-bond acceptors (Lipinski definition) is 2. The molecule has 2 aromatic carbocycles. The highest BCUT2D eigenvalue weighted by atomic mass is 15.1. The third-order valence-electron chi connectivity index (χ3n) is 4.50. The minimum atomic E-state index is 0.345. The van der Waals surface area contributed by atoms with Crippen LogP contribution in [0.3, 0.4) is 0 Å². The lowest BCUT2D eigenvalue weighted by atomic mass is 9.99. The summed E-state index contributed by atoms with van der Waals surface area (Å²) in [6.45, 7) is 5.24. The molecule has 0 spiro atoms. The number of fused-ring (bicyclic) bond motifs is 1. The van der Waals surface area contributed by atoms with Crippen molar-refractivity contribution in [2.24, 2.45) is 0 Å². The zero-order valence-corrected chi connectivity index (χ0v) is 13.9. The first-order valence-electron chi connectivity index (χ1n) is 8.25. The van der Waals surface area contributed by atoms with Gasteiger partial charge in [0.05, 0.1) is 0 Å². The van der Waals surface area contributed by atoms with E-state index in [9.17, 15) is 0 Å². The molecule has 0 saturated heterocycles. The maximum absolute atomic E-state index is 8.32. The van der Waals surface area contributed by atoms with Crippen LogP contribution in [0.15, 0.2) is 54.7 Å². The second-order valence-corrected chi connectivity index (χ2v) is 6.51. The summed E-state index contributed by atoms with van der Waals surface area (Å²) in [6.07, 6.45) is 5.91. The van der Waals surface area contributed by atoms with Crippen molar-refractivity contribution in [2.45, 2.75) is 39.3 Å². The second kappa shape index (κ2) is 6.82. The van der Waals surface area contributed by atoms with Gasteiger partial charge < -0.3 is 10.3 Å². The first-order chi connectivity index (χ1) is 11.1. The Kier molecular flexibility index (Phi) is 4.61. The Labute approximate surface area is 139 Å². The molecule has 0 radical (unpaired) electrons. The van der Waals surface area contributed by atoms with Gasteiger partial charge in [0.25, 0.3) is 0 Å². The van der Waals surface area contributed by atoms with Gasteiger partial charge in [-0.2, -0.15) is 0 Å². The zero-order valence-electron chi connectivity index (χ0n) is 13.9. The smallest absolute Gasteiger partial charge is 0.0433 e. The Morgan fingerprint density at radius 1 is 1.13 bits per heavy atom. The molecule has 0 saturated carbocycles. The first-order valence-corrected chi connectivity index (χ1v) is 8.25. The van der Waals surface area contributed by atoms with Gasteiger partial charge in [0.1, 0.15) is 0 Å². The predicted molar refractivity (Wildman–Crippen MR) is 97.7 cm³/mol. The van der Waals surface area contributed by atoms with Crippen molar-refractivity contribution in [3.8, 4) is 0 Å². The van der Waals surface area contributed by atoms with Gasteiger partial charge in [-0.1, -0.05) is 54.1 Å². The highest BCUT2D eigenvalue weighted by Gasteiger charge is 2.17. The Morgan fingerprint density at radius 3 is 2.65 bits per heavy atom. The molecule has 0 aromatic heterocycles. The average molecular weight is 304 g/mol. The van der Waals surface area contributed by atoms with Gasteiger partial charge >= 0.3 is 0 Å². The lowest BCUT2D eigenvalue weighted by Crippen LogP contribution is -2.31. The molecule has 23 heavy (non-hydrogen) atoms. The van der Waals surface area contributed by atoms with Gasteiger partial charge in [0.2, 0.25) is 0 Å². The molecule has 1 aliphatic heterocycles.